The van der Waals surface area contributed by atoms with Crippen molar-refractivity contribution in [1.82, 2.24) is 0 Å². The van der Waals surface area contributed by atoms with E-state index in [9.17, 15) is 5.11 Å². The Morgan fingerprint density at radius 1 is 1.13 bits per heavy atom. The Labute approximate surface area is 102 Å². The largest absolute Gasteiger partial charge is 0.387 e. The maximum absolute atomic E-state index is 9.60. The lowest BCUT2D eigenvalue weighted by atomic mass is 10.0. The molecule has 78 valence electrons. The molecule has 0 heterocycles. The van der Waals surface area contributed by atoms with Gasteiger partial charge >= 0.3 is 0 Å². The van der Waals surface area contributed by atoms with Gasteiger partial charge in [0.25, 0.3) is 0 Å². The van der Waals surface area contributed by atoms with Crippen molar-refractivity contribution in [3.8, 4) is 0 Å². The third-order valence-electron chi connectivity index (χ3n) is 2.36. The Morgan fingerprint density at radius 3 is 2.53 bits per heavy atom. The fourth-order valence-corrected chi connectivity index (χ4v) is 2.09. The molecular weight excluding hydrogens is 275 g/mol. The Morgan fingerprint density at radius 2 is 1.80 bits per heavy atom. The van der Waals surface area contributed by atoms with E-state index in [-0.39, 0.29) is 5.88 Å². The fourth-order valence-electron chi connectivity index (χ4n) is 1.53. The Bertz CT molecular complexity index is 484. The molecule has 0 aliphatic rings. The Hall–Kier alpha value is -0.570. The molecule has 0 saturated carbocycles. The van der Waals surface area contributed by atoms with Crippen LogP contribution in [0.2, 0.25) is 0 Å². The minimum Gasteiger partial charge on any atom is -0.387 e. The number of benzene rings is 2. The highest BCUT2D eigenvalue weighted by molar-refractivity contribution is 9.10. The zero-order valence-electron chi connectivity index (χ0n) is 7.95. The van der Waals surface area contributed by atoms with Crippen LogP contribution in [0.1, 0.15) is 11.7 Å². The summed E-state index contributed by atoms with van der Waals surface area (Å²) in [5, 5.41) is 11.9. The number of rotatable bonds is 2. The van der Waals surface area contributed by atoms with Crippen molar-refractivity contribution < 1.29 is 5.11 Å². The van der Waals surface area contributed by atoms with Gasteiger partial charge in [-0.05, 0) is 34.5 Å². The van der Waals surface area contributed by atoms with Crippen LogP contribution in [0.4, 0.5) is 0 Å². The highest BCUT2D eigenvalue weighted by Gasteiger charge is 2.06. The third-order valence-corrected chi connectivity index (χ3v) is 3.14. The van der Waals surface area contributed by atoms with Crippen molar-refractivity contribution in [2.24, 2.45) is 0 Å². The molecule has 0 amide bonds. The second-order valence-electron chi connectivity index (χ2n) is 3.42. The van der Waals surface area contributed by atoms with E-state index in [1.165, 1.54) is 0 Å². The van der Waals surface area contributed by atoms with Crippen molar-refractivity contribution in [3.05, 3.63) is 46.4 Å². The number of aliphatic hydroxyl groups is 1. The first kappa shape index (κ1) is 10.9. The number of aliphatic hydroxyl groups excluding tert-OH is 1. The van der Waals surface area contributed by atoms with E-state index in [4.69, 9.17) is 11.6 Å². The Kier molecular flexibility index (Phi) is 3.29. The van der Waals surface area contributed by atoms with Crippen molar-refractivity contribution in [1.29, 1.82) is 0 Å². The number of fused-ring (bicyclic) bond motifs is 1. The molecule has 1 N–H and O–H groups in total. The SMILES string of the molecule is OC(CCl)c1ccc2cc(Br)ccc2c1. The Balaban J connectivity index is 2.52. The molecule has 0 bridgehead atoms. The first-order chi connectivity index (χ1) is 7.20. The second kappa shape index (κ2) is 4.52. The summed E-state index contributed by atoms with van der Waals surface area (Å²) >= 11 is 9.03. The van der Waals surface area contributed by atoms with Gasteiger partial charge in [0.1, 0.15) is 0 Å². The molecule has 1 atom stereocenters. The number of halogens is 2. The van der Waals surface area contributed by atoms with Gasteiger partial charge in [-0.1, -0.05) is 34.1 Å². The van der Waals surface area contributed by atoms with E-state index in [2.05, 4.69) is 15.9 Å². The number of hydrogen-bond donors (Lipinski definition) is 1. The highest BCUT2D eigenvalue weighted by Crippen LogP contribution is 2.24. The molecule has 0 aromatic heterocycles. The molecule has 2 aromatic carbocycles. The first-order valence-corrected chi connectivity index (χ1v) is 5.96. The normalized spacial score (nSPS) is 13.0. The lowest BCUT2D eigenvalue weighted by Crippen LogP contribution is -1.97. The summed E-state index contributed by atoms with van der Waals surface area (Å²) in [6, 6.07) is 11.9. The van der Waals surface area contributed by atoms with Crippen molar-refractivity contribution >= 4 is 38.3 Å². The molecule has 0 fully saturated rings. The molecule has 2 rings (SSSR count). The van der Waals surface area contributed by atoms with Crippen molar-refractivity contribution in [3.63, 3.8) is 0 Å². The first-order valence-electron chi connectivity index (χ1n) is 4.64. The van der Waals surface area contributed by atoms with Gasteiger partial charge in [0, 0.05) is 4.47 Å². The number of hydrogen-bond acceptors (Lipinski definition) is 1. The van der Waals surface area contributed by atoms with Crippen LogP contribution in [0, 0.1) is 0 Å². The monoisotopic (exact) mass is 284 g/mol. The second-order valence-corrected chi connectivity index (χ2v) is 4.65. The summed E-state index contributed by atoms with van der Waals surface area (Å²) in [6.07, 6.45) is -0.584. The van der Waals surface area contributed by atoms with Crippen LogP contribution in [0.15, 0.2) is 40.9 Å². The third kappa shape index (κ3) is 2.33. The van der Waals surface area contributed by atoms with Crippen LogP contribution >= 0.6 is 27.5 Å². The fraction of sp³-hybridized carbons (Fsp3) is 0.167. The van der Waals surface area contributed by atoms with Crippen LogP contribution in [0.25, 0.3) is 10.8 Å². The molecule has 0 aliphatic heterocycles. The number of alkyl halides is 1. The molecule has 2 aromatic rings. The molecule has 0 spiro atoms. The van der Waals surface area contributed by atoms with Crippen LogP contribution in [0.3, 0.4) is 0 Å². The predicted octanol–water partition coefficient (Wildman–Crippen LogP) is 3.87. The van der Waals surface area contributed by atoms with Crippen LogP contribution < -0.4 is 0 Å². The summed E-state index contributed by atoms with van der Waals surface area (Å²) in [6.45, 7) is 0. The van der Waals surface area contributed by atoms with Crippen LogP contribution in [0.5, 0.6) is 0 Å². The zero-order chi connectivity index (χ0) is 10.8. The summed E-state index contributed by atoms with van der Waals surface area (Å²) < 4.78 is 1.06. The lowest BCUT2D eigenvalue weighted by Gasteiger charge is -2.08. The van der Waals surface area contributed by atoms with Gasteiger partial charge in [-0.25, -0.2) is 0 Å². The lowest BCUT2D eigenvalue weighted by molar-refractivity contribution is 0.203. The molecule has 0 saturated heterocycles. The van der Waals surface area contributed by atoms with Gasteiger partial charge in [0.2, 0.25) is 0 Å². The molecule has 15 heavy (non-hydrogen) atoms. The van der Waals surface area contributed by atoms with E-state index >= 15 is 0 Å². The highest BCUT2D eigenvalue weighted by atomic mass is 79.9. The molecule has 1 unspecified atom stereocenters. The van der Waals surface area contributed by atoms with E-state index in [1.807, 2.05) is 36.4 Å². The molecule has 0 aliphatic carbocycles. The molecular formula is C12H10BrClO. The van der Waals surface area contributed by atoms with Gasteiger partial charge in [-0.3, -0.25) is 0 Å². The molecule has 0 radical (unpaired) electrons. The van der Waals surface area contributed by atoms with Gasteiger partial charge in [-0.15, -0.1) is 11.6 Å². The van der Waals surface area contributed by atoms with Gasteiger partial charge < -0.3 is 5.11 Å². The van der Waals surface area contributed by atoms with E-state index in [0.29, 0.717) is 0 Å². The quantitative estimate of drug-likeness (QED) is 0.830. The van der Waals surface area contributed by atoms with Crippen molar-refractivity contribution in [2.75, 3.05) is 5.88 Å². The minimum absolute atomic E-state index is 0.224. The van der Waals surface area contributed by atoms with Crippen LogP contribution in [-0.4, -0.2) is 11.0 Å². The summed E-state index contributed by atoms with van der Waals surface area (Å²) in [5.74, 6) is 0.224. The summed E-state index contributed by atoms with van der Waals surface area (Å²) in [5.41, 5.74) is 0.861. The average molecular weight is 286 g/mol. The summed E-state index contributed by atoms with van der Waals surface area (Å²) in [7, 11) is 0. The van der Waals surface area contributed by atoms with Crippen molar-refractivity contribution in [2.45, 2.75) is 6.10 Å². The maximum Gasteiger partial charge on any atom is 0.0925 e. The summed E-state index contributed by atoms with van der Waals surface area (Å²) in [4.78, 5) is 0. The van der Waals surface area contributed by atoms with Gasteiger partial charge in [-0.2, -0.15) is 0 Å². The topological polar surface area (TPSA) is 20.2 Å². The predicted molar refractivity (Wildman–Crippen MR) is 67.3 cm³/mol. The van der Waals surface area contributed by atoms with Gasteiger partial charge in [0.15, 0.2) is 0 Å². The average Bonchev–Trinajstić information content (AvgIpc) is 2.27. The smallest absolute Gasteiger partial charge is 0.0925 e. The van der Waals surface area contributed by atoms with Gasteiger partial charge in [0.05, 0.1) is 12.0 Å². The zero-order valence-corrected chi connectivity index (χ0v) is 10.3. The van der Waals surface area contributed by atoms with E-state index in [1.54, 1.807) is 0 Å². The van der Waals surface area contributed by atoms with E-state index < -0.39 is 6.10 Å². The van der Waals surface area contributed by atoms with E-state index in [0.717, 1.165) is 20.8 Å². The standard InChI is InChI=1S/C12H10BrClO/c13-11-4-3-8-5-10(12(15)7-14)2-1-9(8)6-11/h1-6,12,15H,7H2. The maximum atomic E-state index is 9.60. The molecule has 3 heteroatoms. The minimum atomic E-state index is -0.584. The molecule has 1 nitrogen and oxygen atoms in total. The van der Waals surface area contributed by atoms with Crippen LogP contribution in [-0.2, 0) is 0 Å².